The highest BCUT2D eigenvalue weighted by Crippen LogP contribution is 2.26. The second-order valence-corrected chi connectivity index (χ2v) is 5.98. The highest BCUT2D eigenvalue weighted by Gasteiger charge is 2.12. The summed E-state index contributed by atoms with van der Waals surface area (Å²) in [4.78, 5) is 21.7. The van der Waals surface area contributed by atoms with Gasteiger partial charge >= 0.3 is 5.97 Å². The van der Waals surface area contributed by atoms with Crippen molar-refractivity contribution in [1.82, 2.24) is 14.9 Å². The van der Waals surface area contributed by atoms with Crippen molar-refractivity contribution >= 4 is 27.8 Å². The number of carbonyl (C=O) groups is 1. The Morgan fingerprint density at radius 2 is 1.92 bits per heavy atom. The second kappa shape index (κ2) is 8.03. The van der Waals surface area contributed by atoms with E-state index in [1.807, 2.05) is 12.1 Å². The molecule has 0 spiro atoms. The number of pyridine rings is 1. The van der Waals surface area contributed by atoms with Crippen LogP contribution < -0.4 is 0 Å². The van der Waals surface area contributed by atoms with Gasteiger partial charge in [0.2, 0.25) is 0 Å². The molecule has 5 heteroatoms. The summed E-state index contributed by atoms with van der Waals surface area (Å²) in [6.45, 7) is 9.14. The largest absolute Gasteiger partial charge is 0.461 e. The van der Waals surface area contributed by atoms with Crippen LogP contribution in [0.15, 0.2) is 30.5 Å². The van der Waals surface area contributed by atoms with Crippen LogP contribution in [0.25, 0.3) is 21.8 Å². The molecule has 2 heterocycles. The number of rotatable bonds is 5. The molecule has 0 radical (unpaired) electrons. The number of aromatic amines is 1. The third-order valence-electron chi connectivity index (χ3n) is 4.40. The number of hydrogen-bond donors (Lipinski definition) is 1. The zero-order chi connectivity index (χ0) is 18.5. The van der Waals surface area contributed by atoms with E-state index in [2.05, 4.69) is 46.6 Å². The molecule has 0 unspecified atom stereocenters. The van der Waals surface area contributed by atoms with E-state index >= 15 is 0 Å². The zero-order valence-electron chi connectivity index (χ0n) is 15.4. The summed E-state index contributed by atoms with van der Waals surface area (Å²) < 4.78 is 5.05. The predicted octanol–water partition coefficient (Wildman–Crippen LogP) is 3.59. The Morgan fingerprint density at radius 3 is 2.65 bits per heavy atom. The van der Waals surface area contributed by atoms with Crippen molar-refractivity contribution in [1.29, 1.82) is 0 Å². The number of aromatic nitrogens is 2. The summed E-state index contributed by atoms with van der Waals surface area (Å²) in [5, 5.41) is 1.98. The Kier molecular flexibility index (Phi) is 5.55. The molecular formula is C21H23N3O2. The lowest BCUT2D eigenvalue weighted by molar-refractivity contribution is 0.0520. The normalized spacial score (nSPS) is 10.9. The maximum atomic E-state index is 12.0. The smallest absolute Gasteiger partial charge is 0.356 e. The van der Waals surface area contributed by atoms with Gasteiger partial charge in [0.05, 0.1) is 24.9 Å². The van der Waals surface area contributed by atoms with Gasteiger partial charge in [0.25, 0.3) is 0 Å². The monoisotopic (exact) mass is 349 g/mol. The predicted molar refractivity (Wildman–Crippen MR) is 104 cm³/mol. The van der Waals surface area contributed by atoms with E-state index < -0.39 is 5.97 Å². The van der Waals surface area contributed by atoms with E-state index in [-0.39, 0.29) is 0 Å². The number of esters is 1. The van der Waals surface area contributed by atoms with Gasteiger partial charge in [0.1, 0.15) is 5.69 Å². The van der Waals surface area contributed by atoms with Gasteiger partial charge in [-0.3, -0.25) is 4.90 Å². The second-order valence-electron chi connectivity index (χ2n) is 5.98. The molecular weight excluding hydrogens is 326 g/mol. The standard InChI is InChI=1S/C21H23N3O2/c1-4-24(5-2)11-7-8-15-9-10-18-16(12-15)17-13-19(21(25)26-6-3)22-14-20(17)23-18/h9-10,12-14,23H,4-6,11H2,1-3H3. The van der Waals surface area contributed by atoms with Gasteiger partial charge in [-0.1, -0.05) is 25.7 Å². The fourth-order valence-electron chi connectivity index (χ4n) is 2.89. The molecule has 0 amide bonds. The Bertz CT molecular complexity index is 991. The highest BCUT2D eigenvalue weighted by molar-refractivity contribution is 6.09. The molecule has 5 nitrogen and oxygen atoms in total. The molecule has 134 valence electrons. The lowest BCUT2D eigenvalue weighted by Gasteiger charge is -2.13. The molecule has 3 aromatic rings. The fourth-order valence-corrected chi connectivity index (χ4v) is 2.89. The van der Waals surface area contributed by atoms with Crippen LogP contribution in [0.5, 0.6) is 0 Å². The first kappa shape index (κ1) is 18.0. The first-order chi connectivity index (χ1) is 12.7. The third-order valence-corrected chi connectivity index (χ3v) is 4.40. The molecule has 0 bridgehead atoms. The average Bonchev–Trinajstić information content (AvgIpc) is 3.02. The molecule has 1 N–H and O–H groups in total. The van der Waals surface area contributed by atoms with Crippen molar-refractivity contribution in [2.45, 2.75) is 20.8 Å². The van der Waals surface area contributed by atoms with Crippen LogP contribution >= 0.6 is 0 Å². The molecule has 0 aliphatic rings. The number of H-pyrrole nitrogens is 1. The molecule has 2 aromatic heterocycles. The highest BCUT2D eigenvalue weighted by atomic mass is 16.5. The van der Waals surface area contributed by atoms with Crippen LogP contribution in [-0.2, 0) is 4.74 Å². The van der Waals surface area contributed by atoms with E-state index in [1.54, 1.807) is 19.2 Å². The first-order valence-corrected chi connectivity index (χ1v) is 8.96. The molecule has 0 aliphatic carbocycles. The zero-order valence-corrected chi connectivity index (χ0v) is 15.4. The number of fused-ring (bicyclic) bond motifs is 3. The number of ether oxygens (including phenoxy) is 1. The van der Waals surface area contributed by atoms with E-state index in [9.17, 15) is 4.79 Å². The van der Waals surface area contributed by atoms with Crippen molar-refractivity contribution in [2.24, 2.45) is 0 Å². The van der Waals surface area contributed by atoms with Crippen LogP contribution in [0.4, 0.5) is 0 Å². The molecule has 0 saturated heterocycles. The van der Waals surface area contributed by atoms with Crippen LogP contribution in [0.2, 0.25) is 0 Å². The molecule has 26 heavy (non-hydrogen) atoms. The minimum atomic E-state index is -0.404. The van der Waals surface area contributed by atoms with Crippen LogP contribution in [0.3, 0.4) is 0 Å². The summed E-state index contributed by atoms with van der Waals surface area (Å²) in [7, 11) is 0. The topological polar surface area (TPSA) is 58.2 Å². The van der Waals surface area contributed by atoms with Gasteiger partial charge in [0, 0.05) is 21.9 Å². The van der Waals surface area contributed by atoms with Crippen LogP contribution in [0, 0.1) is 11.8 Å². The van der Waals surface area contributed by atoms with E-state index in [4.69, 9.17) is 4.74 Å². The molecule has 1 aromatic carbocycles. The summed E-state index contributed by atoms with van der Waals surface area (Å²) in [5.74, 6) is 6.07. The molecule has 0 fully saturated rings. The van der Waals surface area contributed by atoms with Crippen LogP contribution in [0.1, 0.15) is 36.8 Å². The Labute approximate surface area is 153 Å². The maximum absolute atomic E-state index is 12.0. The number of hydrogen-bond acceptors (Lipinski definition) is 4. The lowest BCUT2D eigenvalue weighted by Crippen LogP contribution is -2.22. The summed E-state index contributed by atoms with van der Waals surface area (Å²) in [5.41, 5.74) is 3.16. The summed E-state index contributed by atoms with van der Waals surface area (Å²) in [6.07, 6.45) is 1.67. The minimum Gasteiger partial charge on any atom is -0.461 e. The molecule has 0 atom stereocenters. The van der Waals surface area contributed by atoms with Gasteiger partial charge in [-0.05, 0) is 44.3 Å². The Hall–Kier alpha value is -2.84. The number of carbonyl (C=O) groups excluding carboxylic acids is 1. The van der Waals surface area contributed by atoms with Crippen molar-refractivity contribution in [2.75, 3.05) is 26.2 Å². The number of benzene rings is 1. The Balaban J connectivity index is 1.97. The first-order valence-electron chi connectivity index (χ1n) is 8.96. The van der Waals surface area contributed by atoms with Gasteiger partial charge in [0.15, 0.2) is 0 Å². The lowest BCUT2D eigenvalue weighted by atomic mass is 10.1. The van der Waals surface area contributed by atoms with E-state index in [0.717, 1.165) is 47.0 Å². The van der Waals surface area contributed by atoms with Crippen LogP contribution in [-0.4, -0.2) is 47.1 Å². The fraction of sp³-hybridized carbons (Fsp3) is 0.333. The quantitative estimate of drug-likeness (QED) is 0.565. The van der Waals surface area contributed by atoms with Gasteiger partial charge in [-0.25, -0.2) is 9.78 Å². The maximum Gasteiger partial charge on any atom is 0.356 e. The number of nitrogens with one attached hydrogen (secondary N) is 1. The van der Waals surface area contributed by atoms with Crippen molar-refractivity contribution in [3.05, 3.63) is 41.7 Å². The van der Waals surface area contributed by atoms with Gasteiger partial charge in [-0.2, -0.15) is 0 Å². The van der Waals surface area contributed by atoms with Crippen molar-refractivity contribution < 1.29 is 9.53 Å². The number of nitrogens with zero attached hydrogens (tertiary/aromatic N) is 2. The molecule has 0 aliphatic heterocycles. The van der Waals surface area contributed by atoms with E-state index in [1.165, 1.54) is 0 Å². The SMILES string of the molecule is CCOC(=O)c1cc2c(cn1)[nH]c1ccc(C#CCN(CC)CC)cc12. The summed E-state index contributed by atoms with van der Waals surface area (Å²) >= 11 is 0. The van der Waals surface area contributed by atoms with Gasteiger partial charge in [-0.15, -0.1) is 0 Å². The van der Waals surface area contributed by atoms with Crippen molar-refractivity contribution in [3.63, 3.8) is 0 Å². The average molecular weight is 349 g/mol. The van der Waals surface area contributed by atoms with Crippen molar-refractivity contribution in [3.8, 4) is 11.8 Å². The molecule has 3 rings (SSSR count). The molecule has 0 saturated carbocycles. The summed E-state index contributed by atoms with van der Waals surface area (Å²) in [6, 6.07) is 7.85. The third kappa shape index (κ3) is 3.71. The van der Waals surface area contributed by atoms with E-state index in [0.29, 0.717) is 12.3 Å². The van der Waals surface area contributed by atoms with Gasteiger partial charge < -0.3 is 9.72 Å². The Morgan fingerprint density at radius 1 is 1.15 bits per heavy atom. The minimum absolute atomic E-state index is 0.318.